The minimum absolute atomic E-state index is 0.0386. The van der Waals surface area contributed by atoms with E-state index in [-0.39, 0.29) is 47.1 Å². The summed E-state index contributed by atoms with van der Waals surface area (Å²) in [4.78, 5) is 56.9. The number of carbonyl (C=O) groups is 2. The number of ether oxygens (including phenoxy) is 1. The first-order valence-corrected chi connectivity index (χ1v) is 11.6. The molecule has 0 saturated heterocycles. The average Bonchev–Trinajstić information content (AvgIpc) is 2.81. The molecular weight excluding hydrogens is 471 g/mol. The van der Waals surface area contributed by atoms with E-state index in [0.717, 1.165) is 21.3 Å². The molecule has 1 heterocycles. The van der Waals surface area contributed by atoms with E-state index in [2.05, 4.69) is 10.5 Å². The number of oxime groups is 1. The number of methoxy groups -OCH3 is 1. The van der Waals surface area contributed by atoms with Gasteiger partial charge in [0.15, 0.2) is 5.78 Å². The van der Waals surface area contributed by atoms with E-state index in [1.165, 1.54) is 19.4 Å². The second-order valence-electron chi connectivity index (χ2n) is 9.03. The quantitative estimate of drug-likeness (QED) is 0.285. The summed E-state index contributed by atoms with van der Waals surface area (Å²) in [5.74, 6) is -1.60. The second-order valence-corrected chi connectivity index (χ2v) is 9.03. The molecule has 0 radical (unpaired) electrons. The molecule has 1 unspecified atom stereocenters. The van der Waals surface area contributed by atoms with Crippen molar-refractivity contribution in [1.29, 1.82) is 0 Å². The maximum atomic E-state index is 13.8. The molecule has 1 aromatic carbocycles. The Balaban J connectivity index is 2.58. The molecule has 36 heavy (non-hydrogen) atoms. The lowest BCUT2D eigenvalue weighted by Gasteiger charge is -2.18. The molecule has 0 spiro atoms. The van der Waals surface area contributed by atoms with Gasteiger partial charge in [0.25, 0.3) is 5.56 Å². The number of carbonyl (C=O) groups excluding carboxylic acids is 2. The van der Waals surface area contributed by atoms with Gasteiger partial charge in [-0.05, 0) is 45.9 Å². The molecule has 1 amide bonds. The molecule has 11 heteroatoms. The van der Waals surface area contributed by atoms with Crippen LogP contribution in [-0.4, -0.2) is 45.8 Å². The Morgan fingerprint density at radius 1 is 1.11 bits per heavy atom. The Bertz CT molecular complexity index is 1260. The number of ketones is 1. The van der Waals surface area contributed by atoms with Crippen LogP contribution in [0.25, 0.3) is 0 Å². The summed E-state index contributed by atoms with van der Waals surface area (Å²) in [6.07, 6.45) is 0.978. The van der Waals surface area contributed by atoms with E-state index < -0.39 is 35.4 Å². The Hall–Kier alpha value is -3.76. The van der Waals surface area contributed by atoms with Crippen LogP contribution in [-0.2, 0) is 22.7 Å². The maximum absolute atomic E-state index is 13.8. The third-order valence-electron chi connectivity index (χ3n) is 5.17. The number of nitrogens with one attached hydrogen (secondary N) is 1. The zero-order chi connectivity index (χ0) is 27.2. The molecule has 196 valence electrons. The van der Waals surface area contributed by atoms with Crippen molar-refractivity contribution < 1.29 is 23.6 Å². The van der Waals surface area contributed by atoms with Crippen LogP contribution < -0.4 is 21.3 Å². The number of halogens is 1. The number of nitrogens with zero attached hydrogens (tertiary/aromatic N) is 3. The summed E-state index contributed by atoms with van der Waals surface area (Å²) in [7, 11) is 1.34. The molecule has 0 bridgehead atoms. The van der Waals surface area contributed by atoms with E-state index in [1.807, 2.05) is 0 Å². The standard InChI is InChI=1S/C25H33FN4O6/c1-14(2)23(32)27-16(5)11-30-24(33)20(17(6)28-36-15(3)4)12-29(25(30)34)13-21(31)19-10-18(26)8-9-22(19)35-7/h8-10,12,14-16H,11,13H2,1-7H3,(H,27,32)/b28-17+. The highest BCUT2D eigenvalue weighted by molar-refractivity contribution is 5.99. The molecule has 1 aromatic heterocycles. The zero-order valence-corrected chi connectivity index (χ0v) is 21.6. The number of rotatable bonds is 11. The highest BCUT2D eigenvalue weighted by atomic mass is 19.1. The van der Waals surface area contributed by atoms with Crippen molar-refractivity contribution in [2.45, 2.75) is 66.8 Å². The van der Waals surface area contributed by atoms with Gasteiger partial charge in [-0.1, -0.05) is 19.0 Å². The number of hydrogen-bond donors (Lipinski definition) is 1. The largest absolute Gasteiger partial charge is 0.496 e. The summed E-state index contributed by atoms with van der Waals surface area (Å²) in [5, 5.41) is 6.71. The Labute approximate surface area is 208 Å². The lowest BCUT2D eigenvalue weighted by molar-refractivity contribution is -0.124. The van der Waals surface area contributed by atoms with Gasteiger partial charge in [-0.25, -0.2) is 9.18 Å². The number of aromatic nitrogens is 2. The molecule has 2 aromatic rings. The van der Waals surface area contributed by atoms with Crippen molar-refractivity contribution >= 4 is 17.4 Å². The van der Waals surface area contributed by atoms with Gasteiger partial charge >= 0.3 is 5.69 Å². The topological polar surface area (TPSA) is 121 Å². The zero-order valence-electron chi connectivity index (χ0n) is 21.6. The monoisotopic (exact) mass is 504 g/mol. The first-order valence-electron chi connectivity index (χ1n) is 11.6. The highest BCUT2D eigenvalue weighted by Gasteiger charge is 2.21. The Morgan fingerprint density at radius 3 is 2.36 bits per heavy atom. The van der Waals surface area contributed by atoms with Crippen molar-refractivity contribution in [3.05, 3.63) is 62.2 Å². The van der Waals surface area contributed by atoms with Gasteiger partial charge in [0.05, 0.1) is 37.0 Å². The van der Waals surface area contributed by atoms with Crippen LogP contribution >= 0.6 is 0 Å². The van der Waals surface area contributed by atoms with Gasteiger partial charge < -0.3 is 14.9 Å². The molecule has 10 nitrogen and oxygen atoms in total. The first kappa shape index (κ1) is 28.5. The van der Waals surface area contributed by atoms with Crippen LogP contribution in [0, 0.1) is 11.7 Å². The van der Waals surface area contributed by atoms with E-state index in [1.54, 1.807) is 41.5 Å². The van der Waals surface area contributed by atoms with E-state index >= 15 is 0 Å². The third-order valence-corrected chi connectivity index (χ3v) is 5.17. The smallest absolute Gasteiger partial charge is 0.331 e. The Morgan fingerprint density at radius 2 is 1.78 bits per heavy atom. The number of benzene rings is 1. The van der Waals surface area contributed by atoms with Crippen LogP contribution in [0.1, 0.15) is 57.5 Å². The second kappa shape index (κ2) is 12.3. The van der Waals surface area contributed by atoms with Crippen LogP contribution in [0.2, 0.25) is 0 Å². The summed E-state index contributed by atoms with van der Waals surface area (Å²) < 4.78 is 21.0. The molecule has 2 rings (SSSR count). The van der Waals surface area contributed by atoms with Crippen molar-refractivity contribution in [1.82, 2.24) is 14.5 Å². The fourth-order valence-electron chi connectivity index (χ4n) is 3.28. The summed E-state index contributed by atoms with van der Waals surface area (Å²) >= 11 is 0. The number of amides is 1. The predicted octanol–water partition coefficient (Wildman–Crippen LogP) is 2.35. The summed E-state index contributed by atoms with van der Waals surface area (Å²) in [6.45, 7) is 9.55. The number of hydrogen-bond acceptors (Lipinski definition) is 7. The molecule has 0 saturated carbocycles. The molecule has 0 aliphatic rings. The molecule has 0 fully saturated rings. The summed E-state index contributed by atoms with van der Waals surface area (Å²) in [5.41, 5.74) is -1.22. The number of Topliss-reactive ketones (excluding diaryl/α,β-unsaturated/α-hetero) is 1. The molecular formula is C25H33FN4O6. The molecule has 1 N–H and O–H groups in total. The van der Waals surface area contributed by atoms with Crippen molar-refractivity contribution in [2.24, 2.45) is 11.1 Å². The van der Waals surface area contributed by atoms with Crippen LogP contribution in [0.4, 0.5) is 4.39 Å². The van der Waals surface area contributed by atoms with Gasteiger partial charge in [-0.3, -0.25) is 23.5 Å². The van der Waals surface area contributed by atoms with Crippen LogP contribution in [0.3, 0.4) is 0 Å². The van der Waals surface area contributed by atoms with Gasteiger partial charge in [0, 0.05) is 18.2 Å². The molecule has 0 aliphatic heterocycles. The van der Waals surface area contributed by atoms with Gasteiger partial charge in [-0.15, -0.1) is 0 Å². The Kier molecular flexibility index (Phi) is 9.71. The molecule has 1 atom stereocenters. The lowest BCUT2D eigenvalue weighted by atomic mass is 10.1. The lowest BCUT2D eigenvalue weighted by Crippen LogP contribution is -2.48. The van der Waals surface area contributed by atoms with Gasteiger partial charge in [-0.2, -0.15) is 0 Å². The normalized spacial score (nSPS) is 12.6. The minimum atomic E-state index is -0.768. The average molecular weight is 505 g/mol. The fraction of sp³-hybridized carbons (Fsp3) is 0.480. The van der Waals surface area contributed by atoms with Crippen LogP contribution in [0.15, 0.2) is 39.1 Å². The maximum Gasteiger partial charge on any atom is 0.331 e. The van der Waals surface area contributed by atoms with E-state index in [4.69, 9.17) is 9.57 Å². The minimum Gasteiger partial charge on any atom is -0.496 e. The van der Waals surface area contributed by atoms with Gasteiger partial charge in [0.2, 0.25) is 5.91 Å². The van der Waals surface area contributed by atoms with Gasteiger partial charge in [0.1, 0.15) is 17.7 Å². The van der Waals surface area contributed by atoms with E-state index in [0.29, 0.717) is 0 Å². The summed E-state index contributed by atoms with van der Waals surface area (Å²) in [6, 6.07) is 2.94. The molecule has 0 aliphatic carbocycles. The highest BCUT2D eigenvalue weighted by Crippen LogP contribution is 2.20. The first-order chi connectivity index (χ1) is 16.8. The van der Waals surface area contributed by atoms with Crippen LogP contribution in [0.5, 0.6) is 5.75 Å². The van der Waals surface area contributed by atoms with Crippen molar-refractivity contribution in [2.75, 3.05) is 7.11 Å². The predicted molar refractivity (Wildman–Crippen MR) is 133 cm³/mol. The fourth-order valence-corrected chi connectivity index (χ4v) is 3.28. The van der Waals surface area contributed by atoms with Crippen molar-refractivity contribution in [3.63, 3.8) is 0 Å². The SMILES string of the molecule is COc1ccc(F)cc1C(=O)Cn1cc(/C(C)=N/OC(C)C)c(=O)n(CC(C)NC(=O)C(C)C)c1=O. The van der Waals surface area contributed by atoms with Crippen molar-refractivity contribution in [3.8, 4) is 5.75 Å². The van der Waals surface area contributed by atoms with E-state index in [9.17, 15) is 23.6 Å². The third kappa shape index (κ3) is 7.12.